The van der Waals surface area contributed by atoms with Crippen molar-refractivity contribution in [3.63, 3.8) is 0 Å². The van der Waals surface area contributed by atoms with Crippen LogP contribution >= 0.6 is 11.6 Å². The molecule has 0 saturated carbocycles. The molecule has 3 N–H and O–H groups in total. The fourth-order valence-corrected chi connectivity index (χ4v) is 2.90. The summed E-state index contributed by atoms with van der Waals surface area (Å²) < 4.78 is 27.2. The summed E-state index contributed by atoms with van der Waals surface area (Å²) in [5.74, 6) is 0.211. The molecule has 0 fully saturated rings. The number of anilines is 1. The Hall–Kier alpha value is -0.780. The first-order valence-corrected chi connectivity index (χ1v) is 8.36. The lowest BCUT2D eigenvalue weighted by Crippen LogP contribution is -2.33. The number of aryl methyl sites for hydroxylation is 1. The van der Waals surface area contributed by atoms with Crippen molar-refractivity contribution in [2.75, 3.05) is 12.3 Å². The number of hydrogen-bond donors (Lipinski definition) is 2. The third kappa shape index (κ3) is 4.11. The van der Waals surface area contributed by atoms with Gasteiger partial charge in [0.05, 0.1) is 15.6 Å². The van der Waals surface area contributed by atoms with Crippen LogP contribution in [0.2, 0.25) is 5.02 Å². The normalized spacial score (nSPS) is 14.3. The van der Waals surface area contributed by atoms with E-state index in [1.807, 2.05) is 6.92 Å². The molecule has 0 bridgehead atoms. The summed E-state index contributed by atoms with van der Waals surface area (Å²) >= 11 is 5.95. The first kappa shape index (κ1) is 17.3. The van der Waals surface area contributed by atoms with Gasteiger partial charge in [-0.15, -0.1) is 0 Å². The highest BCUT2D eigenvalue weighted by Crippen LogP contribution is 2.28. The van der Waals surface area contributed by atoms with E-state index < -0.39 is 10.0 Å². The molecule has 0 aliphatic heterocycles. The Balaban J connectivity index is 2.96. The Bertz CT molecular complexity index is 569. The highest BCUT2D eigenvalue weighted by molar-refractivity contribution is 7.89. The summed E-state index contributed by atoms with van der Waals surface area (Å²) in [6.45, 7) is 10.4. The molecule has 1 unspecified atom stereocenters. The molecule has 0 radical (unpaired) electrons. The van der Waals surface area contributed by atoms with Gasteiger partial charge in [0.2, 0.25) is 10.0 Å². The van der Waals surface area contributed by atoms with Gasteiger partial charge in [-0.2, -0.15) is 0 Å². The Morgan fingerprint density at radius 3 is 2.35 bits per heavy atom. The largest absolute Gasteiger partial charge is 0.397 e. The van der Waals surface area contributed by atoms with Crippen molar-refractivity contribution in [1.82, 2.24) is 4.72 Å². The van der Waals surface area contributed by atoms with Crippen molar-refractivity contribution in [2.24, 2.45) is 11.3 Å². The minimum atomic E-state index is -3.57. The Morgan fingerprint density at radius 1 is 1.35 bits per heavy atom. The van der Waals surface area contributed by atoms with E-state index in [0.717, 1.165) is 0 Å². The van der Waals surface area contributed by atoms with E-state index in [2.05, 4.69) is 25.5 Å². The van der Waals surface area contributed by atoms with E-state index in [0.29, 0.717) is 17.1 Å². The number of nitrogens with two attached hydrogens (primary N) is 1. The predicted octanol–water partition coefficient (Wildman–Crippen LogP) is 3.19. The molecule has 1 atom stereocenters. The lowest BCUT2D eigenvalue weighted by Gasteiger charge is -2.27. The number of sulfonamides is 1. The van der Waals surface area contributed by atoms with Crippen LogP contribution in [-0.2, 0) is 10.0 Å². The number of benzene rings is 1. The Kier molecular flexibility index (Phi) is 5.11. The number of nitrogens with one attached hydrogen (secondary N) is 1. The summed E-state index contributed by atoms with van der Waals surface area (Å²) in [7, 11) is -3.57. The second kappa shape index (κ2) is 5.92. The average Bonchev–Trinajstić information content (AvgIpc) is 2.31. The molecular formula is C14H23ClN2O2S. The highest BCUT2D eigenvalue weighted by Gasteiger charge is 2.23. The van der Waals surface area contributed by atoms with Gasteiger partial charge in [0.1, 0.15) is 0 Å². The van der Waals surface area contributed by atoms with Crippen molar-refractivity contribution in [1.29, 1.82) is 0 Å². The zero-order valence-corrected chi connectivity index (χ0v) is 14.2. The SMILES string of the molecule is Cc1cc(S(=O)(=O)NCC(C)C(C)(C)C)cc(N)c1Cl. The lowest BCUT2D eigenvalue weighted by molar-refractivity contribution is 0.263. The first-order chi connectivity index (χ1) is 8.95. The van der Waals surface area contributed by atoms with Gasteiger partial charge >= 0.3 is 0 Å². The number of halogens is 1. The van der Waals surface area contributed by atoms with E-state index >= 15 is 0 Å². The molecule has 6 heteroatoms. The van der Waals surface area contributed by atoms with Crippen LogP contribution in [0.3, 0.4) is 0 Å². The standard InChI is InChI=1S/C14H23ClN2O2S/c1-9-6-11(7-12(16)13(9)15)20(18,19)17-8-10(2)14(3,4)5/h6-7,10,17H,8,16H2,1-5H3. The van der Waals surface area contributed by atoms with Gasteiger partial charge in [0, 0.05) is 6.54 Å². The summed E-state index contributed by atoms with van der Waals surface area (Å²) in [4.78, 5) is 0.151. The predicted molar refractivity (Wildman–Crippen MR) is 84.4 cm³/mol. The van der Waals surface area contributed by atoms with Crippen LogP contribution in [0.5, 0.6) is 0 Å². The van der Waals surface area contributed by atoms with Gasteiger partial charge in [-0.3, -0.25) is 0 Å². The van der Waals surface area contributed by atoms with Crippen LogP contribution in [0.25, 0.3) is 0 Å². The first-order valence-electron chi connectivity index (χ1n) is 6.50. The molecule has 0 saturated heterocycles. The molecule has 114 valence electrons. The maximum atomic E-state index is 12.3. The zero-order chi connectivity index (χ0) is 15.7. The molecular weight excluding hydrogens is 296 g/mol. The second-order valence-electron chi connectivity index (χ2n) is 6.26. The van der Waals surface area contributed by atoms with Crippen molar-refractivity contribution < 1.29 is 8.42 Å². The van der Waals surface area contributed by atoms with Crippen molar-refractivity contribution in [3.8, 4) is 0 Å². The minimum absolute atomic E-state index is 0.0391. The van der Waals surface area contributed by atoms with Crippen molar-refractivity contribution in [2.45, 2.75) is 39.5 Å². The van der Waals surface area contributed by atoms with Crippen molar-refractivity contribution in [3.05, 3.63) is 22.7 Å². The van der Waals surface area contributed by atoms with Gasteiger partial charge < -0.3 is 5.73 Å². The van der Waals surface area contributed by atoms with Gasteiger partial charge in [-0.05, 0) is 36.0 Å². The average molecular weight is 319 g/mol. The Morgan fingerprint density at radius 2 is 1.90 bits per heavy atom. The molecule has 4 nitrogen and oxygen atoms in total. The summed E-state index contributed by atoms with van der Waals surface area (Å²) in [5, 5.41) is 0.395. The van der Waals surface area contributed by atoms with Crippen LogP contribution in [-0.4, -0.2) is 15.0 Å². The number of rotatable bonds is 4. The summed E-state index contributed by atoms with van der Waals surface area (Å²) in [5.41, 5.74) is 6.68. The molecule has 0 aliphatic rings. The smallest absolute Gasteiger partial charge is 0.240 e. The monoisotopic (exact) mass is 318 g/mol. The topological polar surface area (TPSA) is 72.2 Å². The maximum Gasteiger partial charge on any atom is 0.240 e. The van der Waals surface area contributed by atoms with Gasteiger partial charge in [-0.25, -0.2) is 13.1 Å². The fourth-order valence-electron chi connectivity index (χ4n) is 1.54. The van der Waals surface area contributed by atoms with E-state index in [1.165, 1.54) is 12.1 Å². The second-order valence-corrected chi connectivity index (χ2v) is 8.41. The van der Waals surface area contributed by atoms with E-state index in [9.17, 15) is 8.42 Å². The van der Waals surface area contributed by atoms with E-state index in [1.54, 1.807) is 6.92 Å². The van der Waals surface area contributed by atoms with Crippen molar-refractivity contribution >= 4 is 27.3 Å². The molecule has 0 aliphatic carbocycles. The molecule has 20 heavy (non-hydrogen) atoms. The fraction of sp³-hybridized carbons (Fsp3) is 0.571. The van der Waals surface area contributed by atoms with Crippen LogP contribution < -0.4 is 10.5 Å². The molecule has 1 aromatic rings. The van der Waals surface area contributed by atoms with E-state index in [-0.39, 0.29) is 21.9 Å². The third-order valence-electron chi connectivity index (χ3n) is 3.62. The van der Waals surface area contributed by atoms with Crippen LogP contribution in [0.4, 0.5) is 5.69 Å². The Labute approximate surface area is 126 Å². The minimum Gasteiger partial charge on any atom is -0.397 e. The molecule has 1 aromatic carbocycles. The third-order valence-corrected chi connectivity index (χ3v) is 5.54. The van der Waals surface area contributed by atoms with E-state index in [4.69, 9.17) is 17.3 Å². The quantitative estimate of drug-likeness (QED) is 0.837. The lowest BCUT2D eigenvalue weighted by atomic mass is 9.82. The molecule has 0 heterocycles. The zero-order valence-electron chi connectivity index (χ0n) is 12.6. The van der Waals surface area contributed by atoms with Gasteiger partial charge in [-0.1, -0.05) is 39.3 Å². The van der Waals surface area contributed by atoms with Crippen LogP contribution in [0.1, 0.15) is 33.3 Å². The van der Waals surface area contributed by atoms with Gasteiger partial charge in [0.25, 0.3) is 0 Å². The molecule has 0 spiro atoms. The van der Waals surface area contributed by atoms with Crippen LogP contribution in [0, 0.1) is 18.3 Å². The van der Waals surface area contributed by atoms with Gasteiger partial charge in [0.15, 0.2) is 0 Å². The maximum absolute atomic E-state index is 12.3. The van der Waals surface area contributed by atoms with Crippen LogP contribution in [0.15, 0.2) is 17.0 Å². The highest BCUT2D eigenvalue weighted by atomic mass is 35.5. The molecule has 1 rings (SSSR count). The summed E-state index contributed by atoms with van der Waals surface area (Å²) in [6, 6.07) is 2.92. The molecule has 0 aromatic heterocycles. The number of hydrogen-bond acceptors (Lipinski definition) is 3. The number of nitrogen functional groups attached to an aromatic ring is 1. The summed E-state index contributed by atoms with van der Waals surface area (Å²) in [6.07, 6.45) is 0. The molecule has 0 amide bonds.